The molecule has 0 amide bonds. The summed E-state index contributed by atoms with van der Waals surface area (Å²) in [6, 6.07) is 21.8. The second kappa shape index (κ2) is 16.4. The molecule has 5 heteroatoms. The molecule has 1 fully saturated rings. The number of aliphatic hydroxyl groups excluding tert-OH is 1. The molecule has 0 spiro atoms. The van der Waals surface area contributed by atoms with E-state index in [1.54, 1.807) is 4.88 Å². The Bertz CT molecular complexity index is 2000. The summed E-state index contributed by atoms with van der Waals surface area (Å²) in [5.74, 6) is 1.01. The first-order valence-corrected chi connectivity index (χ1v) is 19.7. The molecule has 1 saturated carbocycles. The van der Waals surface area contributed by atoms with Crippen LogP contribution in [0, 0.1) is 36.2 Å². The van der Waals surface area contributed by atoms with E-state index in [2.05, 4.69) is 82.3 Å². The predicted octanol–water partition coefficient (Wildman–Crippen LogP) is 14.0. The third-order valence-electron chi connectivity index (χ3n) is 12.2. The summed E-state index contributed by atoms with van der Waals surface area (Å²) in [6.45, 7) is 21.2. The summed E-state index contributed by atoms with van der Waals surface area (Å²) in [5.41, 5.74) is 4.42. The Morgan fingerprint density at radius 3 is 2.04 bits per heavy atom. The Labute approximate surface area is 324 Å². The number of carbonyl (C=O) groups is 1. The van der Waals surface area contributed by atoms with Gasteiger partial charge in [-0.2, -0.15) is 0 Å². The molecule has 1 aliphatic rings. The zero-order chi connectivity index (χ0) is 36.4. The largest absolute Gasteiger partial charge is 0.512 e. The molecule has 0 atom stereocenters. The van der Waals surface area contributed by atoms with Crippen LogP contribution in [0.4, 0.5) is 0 Å². The zero-order valence-electron chi connectivity index (χ0n) is 32.6. The predicted molar refractivity (Wildman–Crippen MR) is 216 cm³/mol. The van der Waals surface area contributed by atoms with Gasteiger partial charge in [-0.15, -0.1) is 46.2 Å². The van der Waals surface area contributed by atoms with E-state index < -0.39 is 0 Å². The molecule has 0 saturated heterocycles. The Kier molecular flexibility index (Phi) is 13.2. The maximum atomic E-state index is 12.2. The van der Waals surface area contributed by atoms with Gasteiger partial charge in [0.15, 0.2) is 5.78 Å². The molecule has 0 unspecified atom stereocenters. The average molecular weight is 881 g/mol. The first kappa shape index (κ1) is 40.9. The Balaban J connectivity index is 0.000000279. The summed E-state index contributed by atoms with van der Waals surface area (Å²) in [5, 5.41) is 16.7. The third kappa shape index (κ3) is 8.69. The van der Waals surface area contributed by atoms with Crippen LogP contribution in [0.15, 0.2) is 66.6 Å². The van der Waals surface area contributed by atoms with Crippen LogP contribution in [0.2, 0.25) is 0 Å². The fourth-order valence-electron chi connectivity index (χ4n) is 7.42. The zero-order valence-corrected chi connectivity index (χ0v) is 35.8. The summed E-state index contributed by atoms with van der Waals surface area (Å²) in [4.78, 5) is 18.5. The van der Waals surface area contributed by atoms with Crippen LogP contribution in [0.3, 0.4) is 0 Å². The molecule has 1 N–H and O–H groups in total. The topological polar surface area (TPSA) is 50.2 Å². The van der Waals surface area contributed by atoms with E-state index in [1.165, 1.54) is 69.0 Å². The maximum absolute atomic E-state index is 12.2. The van der Waals surface area contributed by atoms with Crippen molar-refractivity contribution >= 4 is 48.8 Å². The van der Waals surface area contributed by atoms with Gasteiger partial charge in [0.25, 0.3) is 0 Å². The van der Waals surface area contributed by atoms with Crippen molar-refractivity contribution in [2.75, 3.05) is 0 Å². The Hall–Kier alpha value is -2.85. The van der Waals surface area contributed by atoms with E-state index in [1.807, 2.05) is 59.1 Å². The number of pyridine rings is 1. The molecular weight excluding hydrogens is 823 g/mol. The van der Waals surface area contributed by atoms with Crippen molar-refractivity contribution in [3.05, 3.63) is 88.6 Å². The van der Waals surface area contributed by atoms with Crippen molar-refractivity contribution in [3.8, 4) is 11.3 Å². The van der Waals surface area contributed by atoms with Crippen molar-refractivity contribution in [3.63, 3.8) is 0 Å². The smallest absolute Gasteiger partial charge is 0.164 e. The van der Waals surface area contributed by atoms with Crippen LogP contribution in [0.1, 0.15) is 129 Å². The number of aryl methyl sites for hydroxylation is 2. The molecule has 6 rings (SSSR count). The second-order valence-electron chi connectivity index (χ2n) is 16.2. The summed E-state index contributed by atoms with van der Waals surface area (Å²) < 4.78 is 1.42. The van der Waals surface area contributed by atoms with Crippen molar-refractivity contribution in [1.29, 1.82) is 0 Å². The molecular formula is C46H58IrNO2S-. The number of hydrogen-bond donors (Lipinski definition) is 1. The quantitative estimate of drug-likeness (QED) is 0.0694. The fraction of sp³-hybridized carbons (Fsp3) is 0.478. The number of rotatable bonds is 9. The second-order valence-corrected chi connectivity index (χ2v) is 17.3. The first-order valence-electron chi connectivity index (χ1n) is 18.9. The summed E-state index contributed by atoms with van der Waals surface area (Å²) >= 11 is 2.01. The number of allylic oxidation sites excluding steroid dienone is 2. The molecule has 3 nitrogen and oxygen atoms in total. The molecule has 1 radical (unpaired) electrons. The van der Waals surface area contributed by atoms with Crippen molar-refractivity contribution in [1.82, 2.24) is 4.98 Å². The van der Waals surface area contributed by atoms with Gasteiger partial charge in [0.05, 0.1) is 0 Å². The third-order valence-corrected chi connectivity index (χ3v) is 13.5. The Morgan fingerprint density at radius 1 is 0.863 bits per heavy atom. The minimum atomic E-state index is -0.337. The minimum absolute atomic E-state index is 0. The van der Waals surface area contributed by atoms with Crippen LogP contribution in [0.25, 0.3) is 42.9 Å². The molecule has 0 bridgehead atoms. The molecule has 2 aromatic heterocycles. The number of nitrogens with zero attached hydrogens (tertiary/aromatic N) is 1. The van der Waals surface area contributed by atoms with E-state index >= 15 is 0 Å². The SMILES string of the molecule is CCC(C)(CC)C(=O)/C=C(\O)C(C)(CC)CC.Cc1[c-]c(-c2nccc3c2ccc2c4cc(C5CCC(C)(C)CC5)sc4ccc32)cc(C)c1.[Ir]. The van der Waals surface area contributed by atoms with Gasteiger partial charge in [0.2, 0.25) is 0 Å². The number of fused-ring (bicyclic) bond motifs is 5. The van der Waals surface area contributed by atoms with Gasteiger partial charge in [-0.05, 0) is 108 Å². The number of ketones is 1. The van der Waals surface area contributed by atoms with Gasteiger partial charge in [-0.1, -0.05) is 87.4 Å². The minimum Gasteiger partial charge on any atom is -0.512 e. The van der Waals surface area contributed by atoms with Gasteiger partial charge >= 0.3 is 0 Å². The van der Waals surface area contributed by atoms with Crippen LogP contribution >= 0.6 is 11.3 Å². The van der Waals surface area contributed by atoms with Gasteiger partial charge < -0.3 is 10.1 Å². The van der Waals surface area contributed by atoms with Crippen LogP contribution < -0.4 is 0 Å². The average Bonchev–Trinajstić information content (AvgIpc) is 3.55. The van der Waals surface area contributed by atoms with Gasteiger partial charge in [0.1, 0.15) is 5.76 Å². The number of carbonyl (C=O) groups excluding carboxylic acids is 1. The molecule has 0 aliphatic heterocycles. The molecule has 1 aliphatic carbocycles. The number of aliphatic hydroxyl groups is 1. The van der Waals surface area contributed by atoms with Gasteiger partial charge in [-0.3, -0.25) is 4.79 Å². The van der Waals surface area contributed by atoms with Crippen molar-refractivity contribution in [2.45, 2.75) is 127 Å². The summed E-state index contributed by atoms with van der Waals surface area (Å²) in [6.07, 6.45) is 12.0. The molecule has 51 heavy (non-hydrogen) atoms. The van der Waals surface area contributed by atoms with E-state index in [9.17, 15) is 9.90 Å². The van der Waals surface area contributed by atoms with Crippen molar-refractivity contribution in [2.24, 2.45) is 16.2 Å². The number of aromatic nitrogens is 1. The normalized spacial score (nSPS) is 15.5. The van der Waals surface area contributed by atoms with E-state index in [-0.39, 0.29) is 42.5 Å². The molecule has 5 aromatic rings. The van der Waals surface area contributed by atoms with E-state index in [0.717, 1.165) is 48.4 Å². The summed E-state index contributed by atoms with van der Waals surface area (Å²) in [7, 11) is 0. The van der Waals surface area contributed by atoms with E-state index in [4.69, 9.17) is 4.98 Å². The first-order chi connectivity index (χ1) is 23.7. The van der Waals surface area contributed by atoms with Crippen LogP contribution in [-0.2, 0) is 24.9 Å². The standard InChI is InChI=1S/C31H30NS.C15H28O2.Ir/c1-19-15-20(2)17-22(16-19)30-26-6-5-24-23(25(26)11-14-32-30)7-8-28-27(24)18-29(33-28)21-9-12-31(3,4)13-10-21;1-7-14(5,8-2)12(16)11-13(17)15(6,9-3)10-4;/h5-8,11,14-16,18,21H,9-10,12-13H2,1-4H3;11,16H,7-10H2,1-6H3;/q-1;;/b;12-11-;. The van der Waals surface area contributed by atoms with E-state index in [0.29, 0.717) is 5.41 Å². The fourth-order valence-corrected chi connectivity index (χ4v) is 8.66. The van der Waals surface area contributed by atoms with Crippen molar-refractivity contribution < 1.29 is 30.0 Å². The van der Waals surface area contributed by atoms with Gasteiger partial charge in [-0.25, -0.2) is 0 Å². The number of benzene rings is 3. The number of hydrogen-bond acceptors (Lipinski definition) is 4. The maximum Gasteiger partial charge on any atom is 0.164 e. The molecule has 3 aromatic carbocycles. The Morgan fingerprint density at radius 2 is 1.43 bits per heavy atom. The number of thiophene rings is 1. The monoisotopic (exact) mass is 881 g/mol. The van der Waals surface area contributed by atoms with Gasteiger partial charge in [0, 0.05) is 58.2 Å². The molecule has 2 heterocycles. The van der Waals surface area contributed by atoms with Crippen LogP contribution in [0.5, 0.6) is 0 Å². The molecule has 275 valence electrons. The van der Waals surface area contributed by atoms with Crippen LogP contribution in [-0.4, -0.2) is 15.9 Å².